The van der Waals surface area contributed by atoms with E-state index in [9.17, 15) is 9.59 Å². The lowest BCUT2D eigenvalue weighted by Crippen LogP contribution is -2.37. The Balaban J connectivity index is 1.97. The Bertz CT molecular complexity index is 519. The molecular formula is C19H27NO3. The SMILES string of the molecule is CC(C)CC(NC(=O)C1CCC(C(=O)O)CC1)c1ccccc1. The Morgan fingerprint density at radius 2 is 1.65 bits per heavy atom. The minimum absolute atomic E-state index is 0.0286. The van der Waals surface area contributed by atoms with Gasteiger partial charge in [0.25, 0.3) is 0 Å². The summed E-state index contributed by atoms with van der Waals surface area (Å²) in [5.41, 5.74) is 1.13. The van der Waals surface area contributed by atoms with Gasteiger partial charge in [0.05, 0.1) is 12.0 Å². The molecule has 2 N–H and O–H groups in total. The van der Waals surface area contributed by atoms with E-state index in [4.69, 9.17) is 5.11 Å². The van der Waals surface area contributed by atoms with E-state index in [0.717, 1.165) is 12.0 Å². The molecule has 1 aliphatic carbocycles. The summed E-state index contributed by atoms with van der Waals surface area (Å²) in [6.45, 7) is 4.31. The summed E-state index contributed by atoms with van der Waals surface area (Å²) in [4.78, 5) is 23.6. The molecule has 4 nitrogen and oxygen atoms in total. The van der Waals surface area contributed by atoms with Gasteiger partial charge >= 0.3 is 5.97 Å². The number of carboxylic acid groups (broad SMARTS) is 1. The van der Waals surface area contributed by atoms with E-state index < -0.39 is 5.97 Å². The molecule has 0 radical (unpaired) electrons. The van der Waals surface area contributed by atoms with Crippen molar-refractivity contribution in [1.29, 1.82) is 0 Å². The standard InChI is InChI=1S/C19H27NO3/c1-13(2)12-17(14-6-4-3-5-7-14)20-18(21)15-8-10-16(11-9-15)19(22)23/h3-7,13,15-17H,8-12H2,1-2H3,(H,20,21)(H,22,23). The Labute approximate surface area is 138 Å². The van der Waals surface area contributed by atoms with E-state index in [1.54, 1.807) is 0 Å². The first-order valence-corrected chi connectivity index (χ1v) is 8.55. The average Bonchev–Trinajstić information content (AvgIpc) is 2.54. The van der Waals surface area contributed by atoms with E-state index >= 15 is 0 Å². The van der Waals surface area contributed by atoms with Gasteiger partial charge in [0.2, 0.25) is 5.91 Å². The van der Waals surface area contributed by atoms with Gasteiger partial charge in [-0.1, -0.05) is 44.2 Å². The molecule has 0 bridgehead atoms. The molecule has 0 aromatic heterocycles. The summed E-state index contributed by atoms with van der Waals surface area (Å²) in [6, 6.07) is 10.1. The highest BCUT2D eigenvalue weighted by Gasteiger charge is 2.30. The van der Waals surface area contributed by atoms with Gasteiger partial charge in [0, 0.05) is 5.92 Å². The minimum atomic E-state index is -0.731. The van der Waals surface area contributed by atoms with Gasteiger partial charge in [-0.3, -0.25) is 9.59 Å². The molecule has 1 aromatic rings. The highest BCUT2D eigenvalue weighted by molar-refractivity contribution is 5.79. The molecule has 0 heterocycles. The monoisotopic (exact) mass is 317 g/mol. The summed E-state index contributed by atoms with van der Waals surface area (Å²) in [5.74, 6) is -0.499. The van der Waals surface area contributed by atoms with Crippen LogP contribution in [-0.2, 0) is 9.59 Å². The molecule has 1 saturated carbocycles. The second kappa shape index (κ2) is 8.14. The third-order valence-electron chi connectivity index (χ3n) is 4.67. The molecule has 1 aliphatic rings. The third-order valence-corrected chi connectivity index (χ3v) is 4.67. The van der Waals surface area contributed by atoms with Crippen LogP contribution in [0.15, 0.2) is 30.3 Å². The van der Waals surface area contributed by atoms with Crippen molar-refractivity contribution < 1.29 is 14.7 Å². The van der Waals surface area contributed by atoms with Gasteiger partial charge in [0.1, 0.15) is 0 Å². The number of rotatable bonds is 6. The molecule has 0 aliphatic heterocycles. The average molecular weight is 317 g/mol. The summed E-state index contributed by atoms with van der Waals surface area (Å²) < 4.78 is 0. The fourth-order valence-electron chi connectivity index (χ4n) is 3.33. The van der Waals surface area contributed by atoms with Crippen molar-refractivity contribution in [2.45, 2.75) is 52.0 Å². The van der Waals surface area contributed by atoms with E-state index in [0.29, 0.717) is 31.6 Å². The van der Waals surface area contributed by atoms with Crippen LogP contribution in [0, 0.1) is 17.8 Å². The molecule has 4 heteroatoms. The number of carbonyl (C=O) groups excluding carboxylic acids is 1. The molecule has 23 heavy (non-hydrogen) atoms. The molecule has 1 amide bonds. The normalized spacial score (nSPS) is 22.6. The minimum Gasteiger partial charge on any atom is -0.481 e. The first-order valence-electron chi connectivity index (χ1n) is 8.55. The van der Waals surface area contributed by atoms with E-state index in [-0.39, 0.29) is 23.8 Å². The zero-order valence-electron chi connectivity index (χ0n) is 14.0. The highest BCUT2D eigenvalue weighted by atomic mass is 16.4. The second-order valence-electron chi connectivity index (χ2n) is 6.99. The molecule has 1 unspecified atom stereocenters. The van der Waals surface area contributed by atoms with Crippen LogP contribution in [0.3, 0.4) is 0 Å². The topological polar surface area (TPSA) is 66.4 Å². The van der Waals surface area contributed by atoms with Crippen LogP contribution in [0.2, 0.25) is 0 Å². The van der Waals surface area contributed by atoms with Gasteiger partial charge in [-0.15, -0.1) is 0 Å². The van der Waals surface area contributed by atoms with Gasteiger partial charge in [0.15, 0.2) is 0 Å². The van der Waals surface area contributed by atoms with Crippen molar-refractivity contribution in [2.75, 3.05) is 0 Å². The molecule has 2 rings (SSSR count). The zero-order chi connectivity index (χ0) is 16.8. The van der Waals surface area contributed by atoms with Crippen LogP contribution in [0.1, 0.15) is 57.6 Å². The number of carbonyl (C=O) groups is 2. The Morgan fingerprint density at radius 1 is 1.09 bits per heavy atom. The zero-order valence-corrected chi connectivity index (χ0v) is 14.0. The number of aliphatic carboxylic acids is 1. The van der Waals surface area contributed by atoms with E-state index in [1.807, 2.05) is 18.2 Å². The third kappa shape index (κ3) is 5.08. The largest absolute Gasteiger partial charge is 0.481 e. The lowest BCUT2D eigenvalue weighted by atomic mass is 9.81. The molecule has 1 fully saturated rings. The summed E-state index contributed by atoms with van der Waals surface area (Å²) in [5, 5.41) is 12.2. The number of hydrogen-bond acceptors (Lipinski definition) is 2. The van der Waals surface area contributed by atoms with Crippen LogP contribution in [0.25, 0.3) is 0 Å². The number of nitrogens with one attached hydrogen (secondary N) is 1. The predicted molar refractivity (Wildman–Crippen MR) is 89.9 cm³/mol. The molecule has 0 saturated heterocycles. The lowest BCUT2D eigenvalue weighted by molar-refractivity contribution is -0.144. The molecule has 126 valence electrons. The lowest BCUT2D eigenvalue weighted by Gasteiger charge is -2.28. The van der Waals surface area contributed by atoms with Crippen molar-refractivity contribution in [3.05, 3.63) is 35.9 Å². The number of hydrogen-bond donors (Lipinski definition) is 2. The van der Waals surface area contributed by atoms with E-state index in [1.165, 1.54) is 0 Å². The van der Waals surface area contributed by atoms with Crippen LogP contribution in [0.4, 0.5) is 0 Å². The van der Waals surface area contributed by atoms with Crippen molar-refractivity contribution in [2.24, 2.45) is 17.8 Å². The second-order valence-corrected chi connectivity index (χ2v) is 6.99. The smallest absolute Gasteiger partial charge is 0.306 e. The number of carboxylic acids is 1. The predicted octanol–water partition coefficient (Wildman–Crippen LogP) is 3.78. The maximum absolute atomic E-state index is 12.6. The molecule has 1 aromatic carbocycles. The van der Waals surface area contributed by atoms with Crippen LogP contribution >= 0.6 is 0 Å². The number of benzene rings is 1. The van der Waals surface area contributed by atoms with Crippen molar-refractivity contribution in [3.63, 3.8) is 0 Å². The van der Waals surface area contributed by atoms with Crippen LogP contribution < -0.4 is 5.32 Å². The molecular weight excluding hydrogens is 290 g/mol. The van der Waals surface area contributed by atoms with Gasteiger partial charge < -0.3 is 10.4 Å². The van der Waals surface area contributed by atoms with Crippen LogP contribution in [-0.4, -0.2) is 17.0 Å². The fourth-order valence-corrected chi connectivity index (χ4v) is 3.33. The van der Waals surface area contributed by atoms with E-state index in [2.05, 4.69) is 31.3 Å². The summed E-state index contributed by atoms with van der Waals surface area (Å²) >= 11 is 0. The molecule has 0 spiro atoms. The quantitative estimate of drug-likeness (QED) is 0.839. The van der Waals surface area contributed by atoms with Gasteiger partial charge in [-0.05, 0) is 43.6 Å². The maximum atomic E-state index is 12.6. The Kier molecular flexibility index (Phi) is 6.20. The van der Waals surface area contributed by atoms with Crippen molar-refractivity contribution in [1.82, 2.24) is 5.32 Å². The Hall–Kier alpha value is -1.84. The highest BCUT2D eigenvalue weighted by Crippen LogP contribution is 2.30. The van der Waals surface area contributed by atoms with Crippen LogP contribution in [0.5, 0.6) is 0 Å². The summed E-state index contributed by atoms with van der Waals surface area (Å²) in [6.07, 6.45) is 3.46. The molecule has 1 atom stereocenters. The number of amides is 1. The van der Waals surface area contributed by atoms with Gasteiger partial charge in [-0.25, -0.2) is 0 Å². The fraction of sp³-hybridized carbons (Fsp3) is 0.579. The first kappa shape index (κ1) is 17.5. The van der Waals surface area contributed by atoms with Crippen molar-refractivity contribution >= 4 is 11.9 Å². The summed E-state index contributed by atoms with van der Waals surface area (Å²) in [7, 11) is 0. The van der Waals surface area contributed by atoms with Crippen molar-refractivity contribution in [3.8, 4) is 0 Å². The van der Waals surface area contributed by atoms with Gasteiger partial charge in [-0.2, -0.15) is 0 Å². The Morgan fingerprint density at radius 3 is 2.17 bits per heavy atom. The maximum Gasteiger partial charge on any atom is 0.306 e. The first-order chi connectivity index (χ1) is 11.0.